The zero-order chi connectivity index (χ0) is 19.3. The number of carbonyl (C=O) groups is 1. The van der Waals surface area contributed by atoms with Crippen molar-refractivity contribution >= 4 is 22.8 Å². The number of fused-ring (bicyclic) bond motifs is 1. The summed E-state index contributed by atoms with van der Waals surface area (Å²) in [6.45, 7) is 0.913. The van der Waals surface area contributed by atoms with Gasteiger partial charge in [0, 0.05) is 18.7 Å². The van der Waals surface area contributed by atoms with Crippen LogP contribution in [0, 0.1) is 5.82 Å². The van der Waals surface area contributed by atoms with Gasteiger partial charge in [-0.3, -0.25) is 0 Å². The summed E-state index contributed by atoms with van der Waals surface area (Å²) >= 11 is 0. The molecule has 4 aromatic rings. The van der Waals surface area contributed by atoms with Crippen LogP contribution in [0.1, 0.15) is 0 Å². The van der Waals surface area contributed by atoms with Crippen LogP contribution in [0.5, 0.6) is 0 Å². The van der Waals surface area contributed by atoms with Gasteiger partial charge in [-0.25, -0.2) is 14.2 Å². The monoisotopic (exact) mass is 374 g/mol. The number of benzene rings is 3. The Morgan fingerprint density at radius 2 is 1.64 bits per heavy atom. The topological polar surface area (TPSA) is 59.0 Å². The number of imidazole rings is 1. The molecule has 1 aromatic heterocycles. The minimum atomic E-state index is -0.468. The first-order chi connectivity index (χ1) is 13.7. The quantitative estimate of drug-likeness (QED) is 0.534. The van der Waals surface area contributed by atoms with Gasteiger partial charge in [0.1, 0.15) is 11.6 Å². The van der Waals surface area contributed by atoms with Crippen molar-refractivity contribution in [3.63, 3.8) is 0 Å². The molecule has 0 fully saturated rings. The van der Waals surface area contributed by atoms with Crippen LogP contribution >= 0.6 is 0 Å². The standard InChI is InChI=1S/C22H19FN4O/c23-17-10-4-5-11-18(17)26-22(28)24-14-15-27-20-13-7-6-12-19(20)25-21(27)16-8-2-1-3-9-16/h1-13H,14-15H2,(H2,24,26,28). The lowest BCUT2D eigenvalue weighted by Crippen LogP contribution is -2.31. The fourth-order valence-corrected chi connectivity index (χ4v) is 3.12. The van der Waals surface area contributed by atoms with Crippen molar-refractivity contribution in [2.75, 3.05) is 11.9 Å². The molecule has 0 aliphatic heterocycles. The van der Waals surface area contributed by atoms with Gasteiger partial charge in [0.2, 0.25) is 0 Å². The number of halogens is 1. The molecule has 0 bridgehead atoms. The second-order valence-electron chi connectivity index (χ2n) is 6.30. The molecule has 6 heteroatoms. The van der Waals surface area contributed by atoms with E-state index in [9.17, 15) is 9.18 Å². The van der Waals surface area contributed by atoms with Crippen LogP contribution in [-0.2, 0) is 6.54 Å². The third-order valence-corrected chi connectivity index (χ3v) is 4.43. The maximum atomic E-state index is 13.7. The first kappa shape index (κ1) is 17.7. The summed E-state index contributed by atoms with van der Waals surface area (Å²) < 4.78 is 15.7. The van der Waals surface area contributed by atoms with Gasteiger partial charge in [-0.2, -0.15) is 0 Å². The van der Waals surface area contributed by atoms with Crippen LogP contribution in [0.15, 0.2) is 78.9 Å². The molecular weight excluding hydrogens is 355 g/mol. The average molecular weight is 374 g/mol. The summed E-state index contributed by atoms with van der Waals surface area (Å²) in [5.41, 5.74) is 3.06. The van der Waals surface area contributed by atoms with Gasteiger partial charge in [0.25, 0.3) is 0 Å². The summed E-state index contributed by atoms with van der Waals surface area (Å²) in [6, 6.07) is 23.4. The Kier molecular flexibility index (Phi) is 5.01. The number of nitrogens with zero attached hydrogens (tertiary/aromatic N) is 2. The highest BCUT2D eigenvalue weighted by molar-refractivity contribution is 5.89. The van der Waals surface area contributed by atoms with Gasteiger partial charge in [-0.05, 0) is 24.3 Å². The lowest BCUT2D eigenvalue weighted by atomic mass is 10.2. The van der Waals surface area contributed by atoms with Gasteiger partial charge >= 0.3 is 6.03 Å². The minimum absolute atomic E-state index is 0.151. The van der Waals surface area contributed by atoms with Crippen molar-refractivity contribution in [1.82, 2.24) is 14.9 Å². The molecule has 0 saturated carbocycles. The van der Waals surface area contributed by atoms with E-state index < -0.39 is 11.8 Å². The average Bonchev–Trinajstić information content (AvgIpc) is 3.09. The predicted molar refractivity (Wildman–Crippen MR) is 109 cm³/mol. The van der Waals surface area contributed by atoms with Crippen molar-refractivity contribution in [3.05, 3.63) is 84.7 Å². The number of hydrogen-bond donors (Lipinski definition) is 2. The summed E-state index contributed by atoms with van der Waals surface area (Å²) in [5, 5.41) is 5.30. The Morgan fingerprint density at radius 3 is 2.46 bits per heavy atom. The lowest BCUT2D eigenvalue weighted by Gasteiger charge is -2.11. The number of carbonyl (C=O) groups excluding carboxylic acids is 1. The van der Waals surface area contributed by atoms with Crippen molar-refractivity contribution in [2.45, 2.75) is 6.54 Å². The Balaban J connectivity index is 1.50. The molecule has 2 amide bonds. The maximum Gasteiger partial charge on any atom is 0.319 e. The zero-order valence-corrected chi connectivity index (χ0v) is 15.1. The van der Waals surface area contributed by atoms with Crippen LogP contribution < -0.4 is 10.6 Å². The number of amides is 2. The number of hydrogen-bond acceptors (Lipinski definition) is 2. The van der Waals surface area contributed by atoms with E-state index in [1.165, 1.54) is 12.1 Å². The van der Waals surface area contributed by atoms with E-state index in [0.29, 0.717) is 13.1 Å². The second kappa shape index (κ2) is 7.92. The smallest absolute Gasteiger partial charge is 0.319 e. The van der Waals surface area contributed by atoms with Crippen LogP contribution in [0.25, 0.3) is 22.4 Å². The molecule has 140 valence electrons. The molecule has 1 heterocycles. The SMILES string of the molecule is O=C(NCCn1c(-c2ccccc2)nc2ccccc21)Nc1ccccc1F. The fourth-order valence-electron chi connectivity index (χ4n) is 3.12. The highest BCUT2D eigenvalue weighted by Crippen LogP contribution is 2.24. The van der Waals surface area contributed by atoms with Gasteiger partial charge in [-0.15, -0.1) is 0 Å². The number of nitrogens with one attached hydrogen (secondary N) is 2. The fraction of sp³-hybridized carbons (Fsp3) is 0.0909. The highest BCUT2D eigenvalue weighted by Gasteiger charge is 2.12. The third-order valence-electron chi connectivity index (χ3n) is 4.43. The molecule has 28 heavy (non-hydrogen) atoms. The molecule has 0 unspecified atom stereocenters. The van der Waals surface area contributed by atoms with Crippen LogP contribution in [0.4, 0.5) is 14.9 Å². The molecule has 0 aliphatic rings. The first-order valence-corrected chi connectivity index (χ1v) is 9.02. The summed E-state index contributed by atoms with van der Waals surface area (Å²) in [6.07, 6.45) is 0. The summed E-state index contributed by atoms with van der Waals surface area (Å²) in [7, 11) is 0. The lowest BCUT2D eigenvalue weighted by molar-refractivity contribution is 0.251. The van der Waals surface area contributed by atoms with Gasteiger partial charge in [0.15, 0.2) is 0 Å². The van der Waals surface area contributed by atoms with E-state index in [2.05, 4.69) is 15.2 Å². The number of anilines is 1. The number of rotatable bonds is 5. The molecule has 0 spiro atoms. The second-order valence-corrected chi connectivity index (χ2v) is 6.30. The first-order valence-electron chi connectivity index (χ1n) is 9.02. The molecule has 3 aromatic carbocycles. The Labute approximate surface area is 161 Å². The van der Waals surface area contributed by atoms with Crippen LogP contribution in [0.3, 0.4) is 0 Å². The Bertz CT molecular complexity index is 1110. The molecular formula is C22H19FN4O. The highest BCUT2D eigenvalue weighted by atomic mass is 19.1. The number of urea groups is 1. The van der Waals surface area contributed by atoms with Gasteiger partial charge in [-0.1, -0.05) is 54.6 Å². The molecule has 2 N–H and O–H groups in total. The van der Waals surface area contributed by atoms with E-state index in [1.807, 2.05) is 54.6 Å². The Hall–Kier alpha value is -3.67. The van der Waals surface area contributed by atoms with Crippen molar-refractivity contribution in [2.24, 2.45) is 0 Å². The van der Waals surface area contributed by atoms with Crippen LogP contribution in [-0.4, -0.2) is 22.1 Å². The number of aromatic nitrogens is 2. The minimum Gasteiger partial charge on any atom is -0.336 e. The summed E-state index contributed by atoms with van der Waals surface area (Å²) in [5.74, 6) is 0.378. The van der Waals surface area contributed by atoms with E-state index in [4.69, 9.17) is 4.98 Å². The largest absolute Gasteiger partial charge is 0.336 e. The van der Waals surface area contributed by atoms with E-state index >= 15 is 0 Å². The van der Waals surface area contributed by atoms with E-state index in [1.54, 1.807) is 12.1 Å². The van der Waals surface area contributed by atoms with Crippen molar-refractivity contribution in [3.8, 4) is 11.4 Å². The van der Waals surface area contributed by atoms with E-state index in [-0.39, 0.29) is 5.69 Å². The zero-order valence-electron chi connectivity index (χ0n) is 15.1. The van der Waals surface area contributed by atoms with Gasteiger partial charge in [0.05, 0.1) is 16.7 Å². The Morgan fingerprint density at radius 1 is 0.929 bits per heavy atom. The van der Waals surface area contributed by atoms with E-state index in [0.717, 1.165) is 22.4 Å². The normalized spacial score (nSPS) is 10.8. The number of para-hydroxylation sites is 3. The van der Waals surface area contributed by atoms with Crippen molar-refractivity contribution < 1.29 is 9.18 Å². The van der Waals surface area contributed by atoms with Crippen LogP contribution in [0.2, 0.25) is 0 Å². The molecule has 5 nitrogen and oxygen atoms in total. The molecule has 0 atom stereocenters. The maximum absolute atomic E-state index is 13.7. The third kappa shape index (κ3) is 3.71. The molecule has 4 rings (SSSR count). The predicted octanol–water partition coefficient (Wildman–Crippen LogP) is 4.66. The molecule has 0 saturated heterocycles. The van der Waals surface area contributed by atoms with Crippen molar-refractivity contribution in [1.29, 1.82) is 0 Å². The summed E-state index contributed by atoms with van der Waals surface area (Å²) in [4.78, 5) is 16.8. The molecule has 0 aliphatic carbocycles. The van der Waals surface area contributed by atoms with Gasteiger partial charge < -0.3 is 15.2 Å². The molecule has 0 radical (unpaired) electrons.